The lowest BCUT2D eigenvalue weighted by Crippen LogP contribution is -2.42. The predicted molar refractivity (Wildman–Crippen MR) is 100 cm³/mol. The van der Waals surface area contributed by atoms with E-state index in [9.17, 15) is 0 Å². The number of aromatic amines is 1. The Morgan fingerprint density at radius 2 is 2.04 bits per heavy atom. The van der Waals surface area contributed by atoms with Gasteiger partial charge in [-0.1, -0.05) is 6.07 Å². The molecular formula is C18H23N5OS. The van der Waals surface area contributed by atoms with E-state index in [4.69, 9.17) is 17.0 Å². The van der Waals surface area contributed by atoms with Crippen molar-refractivity contribution >= 4 is 17.3 Å². The molecule has 2 aromatic heterocycles. The molecule has 4 heterocycles. The van der Waals surface area contributed by atoms with Crippen LogP contribution in [0.25, 0.3) is 0 Å². The summed E-state index contributed by atoms with van der Waals surface area (Å²) in [4.78, 5) is 12.6. The Hall–Kier alpha value is -1.96. The summed E-state index contributed by atoms with van der Waals surface area (Å²) in [6, 6.07) is 10.4. The molecule has 2 aromatic rings. The van der Waals surface area contributed by atoms with Crippen molar-refractivity contribution in [2.75, 3.05) is 39.4 Å². The summed E-state index contributed by atoms with van der Waals surface area (Å²) in [5.74, 6) is 0. The van der Waals surface area contributed by atoms with E-state index in [1.807, 2.05) is 30.6 Å². The van der Waals surface area contributed by atoms with E-state index >= 15 is 0 Å². The molecule has 0 aromatic carbocycles. The highest BCUT2D eigenvalue weighted by Crippen LogP contribution is 2.37. The Balaban J connectivity index is 1.55. The monoisotopic (exact) mass is 357 g/mol. The van der Waals surface area contributed by atoms with Gasteiger partial charge in [-0.05, 0) is 36.5 Å². The van der Waals surface area contributed by atoms with Gasteiger partial charge in [0.15, 0.2) is 5.11 Å². The van der Waals surface area contributed by atoms with Gasteiger partial charge in [0.05, 0.1) is 31.0 Å². The summed E-state index contributed by atoms with van der Waals surface area (Å²) >= 11 is 5.67. The van der Waals surface area contributed by atoms with E-state index in [-0.39, 0.29) is 12.1 Å². The minimum Gasteiger partial charge on any atom is -0.379 e. The molecule has 0 aliphatic carbocycles. The summed E-state index contributed by atoms with van der Waals surface area (Å²) in [5.41, 5.74) is 2.17. The quantitative estimate of drug-likeness (QED) is 0.795. The van der Waals surface area contributed by atoms with Crippen LogP contribution in [0.15, 0.2) is 42.7 Å². The molecule has 0 radical (unpaired) electrons. The molecule has 2 N–H and O–H groups in total. The van der Waals surface area contributed by atoms with E-state index in [2.05, 4.69) is 37.2 Å². The Morgan fingerprint density at radius 3 is 2.76 bits per heavy atom. The van der Waals surface area contributed by atoms with Gasteiger partial charge in [0, 0.05) is 44.3 Å². The second kappa shape index (κ2) is 7.51. The average Bonchev–Trinajstić information content (AvgIpc) is 3.29. The molecule has 0 unspecified atom stereocenters. The molecule has 2 aliphatic rings. The van der Waals surface area contributed by atoms with Crippen molar-refractivity contribution in [1.29, 1.82) is 0 Å². The minimum atomic E-state index is 0.0528. The number of hydrogen-bond acceptors (Lipinski definition) is 4. The number of nitrogens with one attached hydrogen (secondary N) is 2. The minimum absolute atomic E-state index is 0.0528. The molecule has 25 heavy (non-hydrogen) atoms. The third kappa shape index (κ3) is 3.53. The molecule has 0 amide bonds. The van der Waals surface area contributed by atoms with E-state index in [1.54, 1.807) is 0 Å². The molecule has 0 bridgehead atoms. The second-order valence-electron chi connectivity index (χ2n) is 6.40. The van der Waals surface area contributed by atoms with Crippen molar-refractivity contribution < 1.29 is 4.74 Å². The van der Waals surface area contributed by atoms with E-state index < -0.39 is 0 Å². The van der Waals surface area contributed by atoms with Crippen LogP contribution in [0.1, 0.15) is 23.5 Å². The zero-order valence-electron chi connectivity index (χ0n) is 14.1. The van der Waals surface area contributed by atoms with Crippen molar-refractivity contribution in [1.82, 2.24) is 25.1 Å². The lowest BCUT2D eigenvalue weighted by Gasteiger charge is -2.31. The first-order valence-corrected chi connectivity index (χ1v) is 9.15. The Labute approximate surface area is 153 Å². The van der Waals surface area contributed by atoms with Crippen LogP contribution < -0.4 is 5.32 Å². The molecule has 2 atom stereocenters. The third-order valence-corrected chi connectivity index (χ3v) is 5.25. The number of rotatable bonds is 5. The zero-order chi connectivity index (χ0) is 17.1. The van der Waals surface area contributed by atoms with E-state index in [0.717, 1.165) is 55.9 Å². The number of ether oxygens (including phenoxy) is 1. The number of pyridine rings is 1. The molecule has 0 saturated carbocycles. The van der Waals surface area contributed by atoms with Crippen LogP contribution in [0.5, 0.6) is 0 Å². The molecule has 0 spiro atoms. The topological polar surface area (TPSA) is 56.4 Å². The number of nitrogens with zero attached hydrogens (tertiary/aromatic N) is 3. The van der Waals surface area contributed by atoms with Gasteiger partial charge >= 0.3 is 0 Å². The lowest BCUT2D eigenvalue weighted by atomic mass is 10.0. The second-order valence-corrected chi connectivity index (χ2v) is 6.79. The van der Waals surface area contributed by atoms with Gasteiger partial charge in [-0.15, -0.1) is 0 Å². The van der Waals surface area contributed by atoms with E-state index in [0.29, 0.717) is 0 Å². The average molecular weight is 357 g/mol. The summed E-state index contributed by atoms with van der Waals surface area (Å²) in [7, 11) is 0. The van der Waals surface area contributed by atoms with Crippen molar-refractivity contribution in [3.05, 3.63) is 54.1 Å². The maximum Gasteiger partial charge on any atom is 0.170 e. The van der Waals surface area contributed by atoms with Crippen LogP contribution in [0, 0.1) is 0 Å². The molecule has 7 heteroatoms. The zero-order valence-corrected chi connectivity index (χ0v) is 14.9. The van der Waals surface area contributed by atoms with Crippen molar-refractivity contribution in [3.63, 3.8) is 0 Å². The highest BCUT2D eigenvalue weighted by molar-refractivity contribution is 7.80. The number of thiocarbonyl (C=S) groups is 1. The highest BCUT2D eigenvalue weighted by atomic mass is 32.1. The van der Waals surface area contributed by atoms with Crippen LogP contribution in [-0.2, 0) is 4.74 Å². The van der Waals surface area contributed by atoms with Gasteiger partial charge in [0.25, 0.3) is 0 Å². The van der Waals surface area contributed by atoms with Crippen molar-refractivity contribution in [3.8, 4) is 0 Å². The van der Waals surface area contributed by atoms with Gasteiger partial charge < -0.3 is 19.9 Å². The summed E-state index contributed by atoms with van der Waals surface area (Å²) < 4.78 is 5.44. The SMILES string of the molecule is S=C1N[C@H](c2ccccn2)[C@H](c2ccc[nH]2)N1CCN1CCOCC1. The van der Waals surface area contributed by atoms with Crippen molar-refractivity contribution in [2.24, 2.45) is 0 Å². The van der Waals surface area contributed by atoms with Gasteiger partial charge in [0.1, 0.15) is 0 Å². The normalized spacial score (nSPS) is 24.5. The van der Waals surface area contributed by atoms with E-state index in [1.165, 1.54) is 0 Å². The van der Waals surface area contributed by atoms with Gasteiger partial charge in [-0.25, -0.2) is 0 Å². The fraction of sp³-hybridized carbons (Fsp3) is 0.444. The van der Waals surface area contributed by atoms with Gasteiger partial charge in [-0.2, -0.15) is 0 Å². The Morgan fingerprint density at radius 1 is 1.16 bits per heavy atom. The maximum atomic E-state index is 5.67. The van der Waals surface area contributed by atoms with Crippen LogP contribution in [0.3, 0.4) is 0 Å². The predicted octanol–water partition coefficient (Wildman–Crippen LogP) is 1.71. The molecule has 4 rings (SSSR count). The molecule has 132 valence electrons. The molecule has 6 nitrogen and oxygen atoms in total. The number of H-pyrrole nitrogens is 1. The standard InChI is InChI=1S/C18H23N5OS/c25-18-21-16(14-4-1-2-6-19-14)17(15-5-3-7-20-15)23(18)9-8-22-10-12-24-13-11-22/h1-7,16-17,20H,8-13H2,(H,21,25)/t16-,17+/m1/s1. The van der Waals surface area contributed by atoms with Crippen LogP contribution >= 0.6 is 12.2 Å². The fourth-order valence-electron chi connectivity index (χ4n) is 3.59. The molecule has 2 saturated heterocycles. The Kier molecular flexibility index (Phi) is 4.96. The summed E-state index contributed by atoms with van der Waals surface area (Å²) in [6.45, 7) is 5.49. The first-order valence-electron chi connectivity index (χ1n) is 8.74. The largest absolute Gasteiger partial charge is 0.379 e. The molecule has 2 aliphatic heterocycles. The first-order chi connectivity index (χ1) is 12.3. The molecular weight excluding hydrogens is 334 g/mol. The van der Waals surface area contributed by atoms with Crippen LogP contribution in [0.2, 0.25) is 0 Å². The first kappa shape index (κ1) is 16.5. The number of morpholine rings is 1. The van der Waals surface area contributed by atoms with Gasteiger partial charge in [0.2, 0.25) is 0 Å². The smallest absolute Gasteiger partial charge is 0.170 e. The van der Waals surface area contributed by atoms with Crippen LogP contribution in [-0.4, -0.2) is 64.3 Å². The number of aromatic nitrogens is 2. The lowest BCUT2D eigenvalue weighted by molar-refractivity contribution is 0.0350. The number of hydrogen-bond donors (Lipinski definition) is 2. The molecule has 2 fully saturated rings. The highest BCUT2D eigenvalue weighted by Gasteiger charge is 2.40. The van der Waals surface area contributed by atoms with Crippen LogP contribution in [0.4, 0.5) is 0 Å². The summed E-state index contributed by atoms with van der Waals surface area (Å²) in [6.07, 6.45) is 3.80. The maximum absolute atomic E-state index is 5.67. The summed E-state index contributed by atoms with van der Waals surface area (Å²) in [5, 5.41) is 4.27. The fourth-order valence-corrected chi connectivity index (χ4v) is 3.92. The van der Waals surface area contributed by atoms with Crippen molar-refractivity contribution in [2.45, 2.75) is 12.1 Å². The third-order valence-electron chi connectivity index (χ3n) is 4.90. The van der Waals surface area contributed by atoms with Gasteiger partial charge in [-0.3, -0.25) is 9.88 Å². The Bertz CT molecular complexity index is 687.